The van der Waals surface area contributed by atoms with Gasteiger partial charge in [0.2, 0.25) is 5.82 Å². The zero-order valence-corrected chi connectivity index (χ0v) is 12.1. The van der Waals surface area contributed by atoms with E-state index in [1.165, 1.54) is 6.20 Å². The number of rotatable bonds is 2. The molecule has 0 aliphatic carbocycles. The summed E-state index contributed by atoms with van der Waals surface area (Å²) in [6.45, 7) is 1.69. The fourth-order valence-electron chi connectivity index (χ4n) is 2.40. The molecule has 1 aromatic carbocycles. The Morgan fingerprint density at radius 1 is 1.26 bits per heavy atom. The first-order valence-electron chi connectivity index (χ1n) is 6.77. The SMILES string of the molecule is Cc1cnc2c(c1)nc(C(F)(F)F)n2Cc1cccc(C#N)c1. The number of halogens is 3. The fraction of sp³-hybridized carbons (Fsp3) is 0.188. The number of nitrogens with zero attached hydrogens (tertiary/aromatic N) is 4. The maximum atomic E-state index is 13.3. The molecule has 4 nitrogen and oxygen atoms in total. The maximum absolute atomic E-state index is 13.3. The van der Waals surface area contributed by atoms with E-state index in [1.807, 2.05) is 6.07 Å². The van der Waals surface area contributed by atoms with Crippen molar-refractivity contribution >= 4 is 11.2 Å². The molecule has 0 fully saturated rings. The third-order valence-electron chi connectivity index (χ3n) is 3.37. The molecule has 0 saturated carbocycles. The van der Waals surface area contributed by atoms with Gasteiger partial charge in [-0.2, -0.15) is 18.4 Å². The lowest BCUT2D eigenvalue weighted by atomic mass is 10.1. The third kappa shape index (κ3) is 2.88. The van der Waals surface area contributed by atoms with Gasteiger partial charge in [0.1, 0.15) is 5.52 Å². The molecule has 2 heterocycles. The highest BCUT2D eigenvalue weighted by molar-refractivity contribution is 5.72. The lowest BCUT2D eigenvalue weighted by Gasteiger charge is -2.11. The van der Waals surface area contributed by atoms with Crippen molar-refractivity contribution in [2.45, 2.75) is 19.6 Å². The monoisotopic (exact) mass is 316 g/mol. The Morgan fingerprint density at radius 3 is 2.74 bits per heavy atom. The lowest BCUT2D eigenvalue weighted by molar-refractivity contribution is -0.146. The van der Waals surface area contributed by atoms with E-state index in [0.29, 0.717) is 11.1 Å². The Bertz CT molecular complexity index is 919. The molecule has 116 valence electrons. The number of hydrogen-bond donors (Lipinski definition) is 0. The minimum Gasteiger partial charge on any atom is -0.301 e. The molecule has 3 rings (SSSR count). The van der Waals surface area contributed by atoms with Crippen molar-refractivity contribution in [1.82, 2.24) is 14.5 Å². The molecule has 0 aliphatic rings. The van der Waals surface area contributed by atoms with E-state index in [9.17, 15) is 13.2 Å². The average molecular weight is 316 g/mol. The number of nitriles is 1. The summed E-state index contributed by atoms with van der Waals surface area (Å²) in [5.41, 5.74) is 2.09. The molecule has 0 atom stereocenters. The van der Waals surface area contributed by atoms with Gasteiger partial charge in [0.05, 0.1) is 18.2 Å². The van der Waals surface area contributed by atoms with E-state index in [0.717, 1.165) is 10.1 Å². The van der Waals surface area contributed by atoms with Crippen LogP contribution in [0.15, 0.2) is 36.5 Å². The Morgan fingerprint density at radius 2 is 2.04 bits per heavy atom. The zero-order chi connectivity index (χ0) is 16.6. The van der Waals surface area contributed by atoms with E-state index in [1.54, 1.807) is 37.3 Å². The van der Waals surface area contributed by atoms with Crippen molar-refractivity contribution in [3.63, 3.8) is 0 Å². The van der Waals surface area contributed by atoms with Crippen LogP contribution >= 0.6 is 0 Å². The summed E-state index contributed by atoms with van der Waals surface area (Å²) in [5.74, 6) is -0.993. The Balaban J connectivity index is 2.16. The molecule has 7 heteroatoms. The number of aryl methyl sites for hydroxylation is 1. The summed E-state index contributed by atoms with van der Waals surface area (Å²) in [7, 11) is 0. The number of alkyl halides is 3. The number of imidazole rings is 1. The molecule has 0 radical (unpaired) electrons. The third-order valence-corrected chi connectivity index (χ3v) is 3.37. The van der Waals surface area contributed by atoms with Crippen LogP contribution in [0.3, 0.4) is 0 Å². The van der Waals surface area contributed by atoms with Gasteiger partial charge in [-0.15, -0.1) is 0 Å². The molecule has 0 aliphatic heterocycles. The first-order valence-corrected chi connectivity index (χ1v) is 6.77. The van der Waals surface area contributed by atoms with E-state index in [2.05, 4.69) is 9.97 Å². The van der Waals surface area contributed by atoms with Crippen molar-refractivity contribution in [3.8, 4) is 6.07 Å². The van der Waals surface area contributed by atoms with Crippen LogP contribution < -0.4 is 0 Å². The van der Waals surface area contributed by atoms with Crippen molar-refractivity contribution in [2.24, 2.45) is 0 Å². The van der Waals surface area contributed by atoms with Crippen LogP contribution in [0.5, 0.6) is 0 Å². The highest BCUT2D eigenvalue weighted by Gasteiger charge is 2.38. The zero-order valence-electron chi connectivity index (χ0n) is 12.1. The standard InChI is InChI=1S/C16H11F3N4/c1-10-5-13-14(21-8-10)23(15(22-13)16(17,18)19)9-12-4-2-3-11(6-12)7-20/h2-6,8H,9H2,1H3. The van der Waals surface area contributed by atoms with E-state index < -0.39 is 12.0 Å². The molecule has 0 amide bonds. The number of benzene rings is 1. The van der Waals surface area contributed by atoms with Gasteiger partial charge in [-0.05, 0) is 36.2 Å². The molecule has 3 aromatic rings. The van der Waals surface area contributed by atoms with Crippen molar-refractivity contribution in [3.05, 3.63) is 59.0 Å². The highest BCUT2D eigenvalue weighted by atomic mass is 19.4. The van der Waals surface area contributed by atoms with Gasteiger partial charge in [0, 0.05) is 6.20 Å². The van der Waals surface area contributed by atoms with E-state index in [-0.39, 0.29) is 17.7 Å². The van der Waals surface area contributed by atoms with E-state index in [4.69, 9.17) is 5.26 Å². The minimum absolute atomic E-state index is 0.0586. The molecule has 0 bridgehead atoms. The van der Waals surface area contributed by atoms with Crippen molar-refractivity contribution in [2.75, 3.05) is 0 Å². The molecule has 0 saturated heterocycles. The van der Waals surface area contributed by atoms with Crippen LogP contribution in [0, 0.1) is 18.3 Å². The Hall–Kier alpha value is -2.88. The number of hydrogen-bond acceptors (Lipinski definition) is 3. The first kappa shape index (κ1) is 15.0. The number of pyridine rings is 1. The largest absolute Gasteiger partial charge is 0.449 e. The van der Waals surface area contributed by atoms with Crippen molar-refractivity contribution < 1.29 is 13.2 Å². The molecule has 2 aromatic heterocycles. The van der Waals surface area contributed by atoms with Gasteiger partial charge in [-0.3, -0.25) is 0 Å². The smallest absolute Gasteiger partial charge is 0.301 e. The number of aromatic nitrogens is 3. The molecular weight excluding hydrogens is 305 g/mol. The predicted molar refractivity (Wildman–Crippen MR) is 77.5 cm³/mol. The molecule has 23 heavy (non-hydrogen) atoms. The summed E-state index contributed by atoms with van der Waals surface area (Å²) in [6.07, 6.45) is -3.08. The summed E-state index contributed by atoms with van der Waals surface area (Å²) in [4.78, 5) is 7.78. The maximum Gasteiger partial charge on any atom is 0.449 e. The quantitative estimate of drug-likeness (QED) is 0.724. The van der Waals surface area contributed by atoms with Gasteiger partial charge >= 0.3 is 6.18 Å². The van der Waals surface area contributed by atoms with Gasteiger partial charge < -0.3 is 4.57 Å². The van der Waals surface area contributed by atoms with Crippen LogP contribution in [0.4, 0.5) is 13.2 Å². The van der Waals surface area contributed by atoms with Gasteiger partial charge in [0.15, 0.2) is 5.65 Å². The highest BCUT2D eigenvalue weighted by Crippen LogP contribution is 2.31. The second-order valence-corrected chi connectivity index (χ2v) is 5.19. The first-order chi connectivity index (χ1) is 10.9. The van der Waals surface area contributed by atoms with Gasteiger partial charge in [-0.1, -0.05) is 12.1 Å². The molecule has 0 unspecified atom stereocenters. The van der Waals surface area contributed by atoms with Crippen LogP contribution in [0.25, 0.3) is 11.2 Å². The number of fused-ring (bicyclic) bond motifs is 1. The summed E-state index contributed by atoms with van der Waals surface area (Å²) in [6, 6.07) is 10.0. The van der Waals surface area contributed by atoms with Crippen LogP contribution in [-0.4, -0.2) is 14.5 Å². The second kappa shape index (κ2) is 5.39. The summed E-state index contributed by atoms with van der Waals surface area (Å²) in [5, 5.41) is 8.91. The van der Waals surface area contributed by atoms with Gasteiger partial charge in [0.25, 0.3) is 0 Å². The molecule has 0 N–H and O–H groups in total. The topological polar surface area (TPSA) is 54.5 Å². The van der Waals surface area contributed by atoms with E-state index >= 15 is 0 Å². The Kier molecular flexibility index (Phi) is 3.52. The molecule has 0 spiro atoms. The van der Waals surface area contributed by atoms with Gasteiger partial charge in [-0.25, -0.2) is 9.97 Å². The normalized spacial score (nSPS) is 11.6. The lowest BCUT2D eigenvalue weighted by Crippen LogP contribution is -2.16. The average Bonchev–Trinajstić information content (AvgIpc) is 2.85. The predicted octanol–water partition coefficient (Wildman–Crippen LogP) is 3.68. The minimum atomic E-state index is -4.58. The Labute approximate surface area is 129 Å². The van der Waals surface area contributed by atoms with Crippen LogP contribution in [0.2, 0.25) is 0 Å². The van der Waals surface area contributed by atoms with Crippen molar-refractivity contribution in [1.29, 1.82) is 5.26 Å². The molecular formula is C16H11F3N4. The van der Waals surface area contributed by atoms with Crippen LogP contribution in [-0.2, 0) is 12.7 Å². The summed E-state index contributed by atoms with van der Waals surface area (Å²) >= 11 is 0. The second-order valence-electron chi connectivity index (χ2n) is 5.19. The fourth-order valence-corrected chi connectivity index (χ4v) is 2.40. The van der Waals surface area contributed by atoms with Crippen LogP contribution in [0.1, 0.15) is 22.5 Å². The summed E-state index contributed by atoms with van der Waals surface area (Å²) < 4.78 is 40.8.